The fourth-order valence-electron chi connectivity index (χ4n) is 3.22. The summed E-state index contributed by atoms with van der Waals surface area (Å²) in [7, 11) is 0. The highest BCUT2D eigenvalue weighted by Gasteiger charge is 2.14. The van der Waals surface area contributed by atoms with Crippen molar-refractivity contribution in [3.8, 4) is 0 Å². The molecule has 156 valence electrons. The van der Waals surface area contributed by atoms with Crippen molar-refractivity contribution in [3.63, 3.8) is 0 Å². The number of benzene rings is 2. The van der Waals surface area contributed by atoms with Gasteiger partial charge in [-0.1, -0.05) is 58.4 Å². The lowest BCUT2D eigenvalue weighted by Crippen LogP contribution is -2.09. The zero-order valence-corrected chi connectivity index (χ0v) is 18.5. The van der Waals surface area contributed by atoms with Gasteiger partial charge in [-0.05, 0) is 31.0 Å². The molecule has 1 aromatic heterocycles. The van der Waals surface area contributed by atoms with E-state index in [4.69, 9.17) is 9.84 Å². The maximum absolute atomic E-state index is 12.1. The van der Waals surface area contributed by atoms with Crippen molar-refractivity contribution < 1.29 is 19.4 Å². The van der Waals surface area contributed by atoms with E-state index in [1.54, 1.807) is 0 Å². The molecule has 0 aliphatic carbocycles. The van der Waals surface area contributed by atoms with E-state index in [1.165, 1.54) is 0 Å². The van der Waals surface area contributed by atoms with Crippen LogP contribution in [0.1, 0.15) is 33.6 Å². The number of aliphatic carboxylic acids is 1. The highest BCUT2D eigenvalue weighted by molar-refractivity contribution is 9.10. The number of carboxylic acid groups (broad SMARTS) is 1. The van der Waals surface area contributed by atoms with E-state index in [1.807, 2.05) is 67.1 Å². The second-order valence-electron chi connectivity index (χ2n) is 7.12. The fraction of sp³-hybridized carbons (Fsp3) is 0.261. The topological polar surface area (TPSA) is 81.4 Å². The first-order chi connectivity index (χ1) is 14.3. The van der Waals surface area contributed by atoms with E-state index in [9.17, 15) is 9.59 Å². The summed E-state index contributed by atoms with van der Waals surface area (Å²) < 4.78 is 8.10. The molecular formula is C23H23BrN2O4. The second-order valence-corrected chi connectivity index (χ2v) is 7.98. The van der Waals surface area contributed by atoms with Crippen molar-refractivity contribution in [2.24, 2.45) is 0 Å². The van der Waals surface area contributed by atoms with E-state index >= 15 is 0 Å². The summed E-state index contributed by atoms with van der Waals surface area (Å²) >= 11 is 3.44. The zero-order valence-electron chi connectivity index (χ0n) is 16.9. The van der Waals surface area contributed by atoms with Crippen molar-refractivity contribution >= 4 is 27.9 Å². The summed E-state index contributed by atoms with van der Waals surface area (Å²) in [4.78, 5) is 23.2. The fourth-order valence-corrected chi connectivity index (χ4v) is 3.62. The van der Waals surface area contributed by atoms with Crippen molar-refractivity contribution in [2.75, 3.05) is 0 Å². The van der Waals surface area contributed by atoms with E-state index in [2.05, 4.69) is 21.0 Å². The lowest BCUT2D eigenvalue weighted by Gasteiger charge is -2.08. The van der Waals surface area contributed by atoms with E-state index in [0.717, 1.165) is 38.1 Å². The van der Waals surface area contributed by atoms with E-state index in [0.29, 0.717) is 6.54 Å². The molecule has 0 amide bonds. The number of carbonyl (C=O) groups excluding carboxylic acids is 1. The molecule has 1 heterocycles. The molecule has 0 unspecified atom stereocenters. The van der Waals surface area contributed by atoms with E-state index in [-0.39, 0.29) is 25.4 Å². The summed E-state index contributed by atoms with van der Waals surface area (Å²) in [5.41, 5.74) is 5.16. The van der Waals surface area contributed by atoms with Gasteiger partial charge >= 0.3 is 11.9 Å². The molecule has 0 radical (unpaired) electrons. The average molecular weight is 471 g/mol. The Labute approximate surface area is 183 Å². The molecule has 6 nitrogen and oxygen atoms in total. The average Bonchev–Trinajstić information content (AvgIpc) is 2.96. The molecule has 7 heteroatoms. The summed E-state index contributed by atoms with van der Waals surface area (Å²) in [5.74, 6) is -1.15. The lowest BCUT2D eigenvalue weighted by molar-refractivity contribution is -0.144. The standard InChI is InChI=1S/C23H23BrN2O4/c1-15-20(12-22(27)28)16(2)26(25-15)13-18-9-7-17(8-10-18)11-23(29)30-14-19-5-3-4-6-21(19)24/h3-10H,11-14H2,1-2H3,(H,27,28). The van der Waals surface area contributed by atoms with Crippen LogP contribution >= 0.6 is 15.9 Å². The molecular weight excluding hydrogens is 448 g/mol. The Morgan fingerprint density at radius 2 is 1.70 bits per heavy atom. The van der Waals surface area contributed by atoms with Gasteiger partial charge in [0.25, 0.3) is 0 Å². The number of hydrogen-bond acceptors (Lipinski definition) is 4. The molecule has 2 aromatic carbocycles. The van der Waals surface area contributed by atoms with Crippen molar-refractivity contribution in [1.82, 2.24) is 9.78 Å². The number of ether oxygens (including phenoxy) is 1. The highest BCUT2D eigenvalue weighted by atomic mass is 79.9. The van der Waals surface area contributed by atoms with Crippen LogP contribution in [0.15, 0.2) is 53.0 Å². The first kappa shape index (κ1) is 21.8. The smallest absolute Gasteiger partial charge is 0.310 e. The summed E-state index contributed by atoms with van der Waals surface area (Å²) in [5, 5.41) is 13.5. The molecule has 0 fully saturated rings. The quantitative estimate of drug-likeness (QED) is 0.498. The van der Waals surface area contributed by atoms with Crippen molar-refractivity contribution in [2.45, 2.75) is 39.8 Å². The van der Waals surface area contributed by atoms with Gasteiger partial charge in [-0.25, -0.2) is 0 Å². The van der Waals surface area contributed by atoms with Crippen LogP contribution in [-0.2, 0) is 40.3 Å². The minimum Gasteiger partial charge on any atom is -0.481 e. The summed E-state index contributed by atoms with van der Waals surface area (Å²) in [6.45, 7) is 4.48. The molecule has 3 aromatic rings. The Morgan fingerprint density at radius 1 is 1.03 bits per heavy atom. The summed E-state index contributed by atoms with van der Waals surface area (Å²) in [6, 6.07) is 15.3. The number of esters is 1. The van der Waals surface area contributed by atoms with Gasteiger partial charge in [0.15, 0.2) is 0 Å². The largest absolute Gasteiger partial charge is 0.481 e. The maximum atomic E-state index is 12.1. The van der Waals surface area contributed by atoms with Crippen LogP contribution in [0.5, 0.6) is 0 Å². The Hall–Kier alpha value is -2.93. The van der Waals surface area contributed by atoms with Crippen LogP contribution in [0.25, 0.3) is 0 Å². The Morgan fingerprint density at radius 3 is 2.37 bits per heavy atom. The Kier molecular flexibility index (Phi) is 7.05. The zero-order chi connectivity index (χ0) is 21.7. The van der Waals surface area contributed by atoms with Gasteiger partial charge < -0.3 is 9.84 Å². The molecule has 0 aliphatic heterocycles. The number of carbonyl (C=O) groups is 2. The van der Waals surface area contributed by atoms with Gasteiger partial charge in [-0.15, -0.1) is 0 Å². The number of nitrogens with zero attached hydrogens (tertiary/aromatic N) is 2. The molecule has 30 heavy (non-hydrogen) atoms. The molecule has 0 atom stereocenters. The first-order valence-corrected chi connectivity index (χ1v) is 10.3. The number of rotatable bonds is 8. The third kappa shape index (κ3) is 5.57. The predicted molar refractivity (Wildman–Crippen MR) is 116 cm³/mol. The van der Waals surface area contributed by atoms with Crippen LogP contribution in [0, 0.1) is 13.8 Å². The van der Waals surface area contributed by atoms with Crippen LogP contribution in [0.2, 0.25) is 0 Å². The van der Waals surface area contributed by atoms with Gasteiger partial charge in [-0.2, -0.15) is 5.10 Å². The monoisotopic (exact) mass is 470 g/mol. The number of hydrogen-bond donors (Lipinski definition) is 1. The van der Waals surface area contributed by atoms with Crippen LogP contribution < -0.4 is 0 Å². The van der Waals surface area contributed by atoms with Crippen LogP contribution in [0.3, 0.4) is 0 Å². The van der Waals surface area contributed by atoms with Gasteiger partial charge in [0.05, 0.1) is 25.1 Å². The third-order valence-electron chi connectivity index (χ3n) is 4.91. The van der Waals surface area contributed by atoms with Crippen LogP contribution in [-0.4, -0.2) is 26.8 Å². The van der Waals surface area contributed by atoms with Gasteiger partial charge in [0.1, 0.15) is 6.61 Å². The van der Waals surface area contributed by atoms with Gasteiger partial charge in [-0.3, -0.25) is 14.3 Å². The second kappa shape index (κ2) is 9.71. The third-order valence-corrected chi connectivity index (χ3v) is 5.68. The predicted octanol–water partition coefficient (Wildman–Crippen LogP) is 4.22. The van der Waals surface area contributed by atoms with Crippen LogP contribution in [0.4, 0.5) is 0 Å². The van der Waals surface area contributed by atoms with Crippen molar-refractivity contribution in [3.05, 3.63) is 86.6 Å². The molecule has 0 spiro atoms. The minimum atomic E-state index is -0.864. The van der Waals surface area contributed by atoms with E-state index < -0.39 is 5.97 Å². The first-order valence-electron chi connectivity index (χ1n) is 9.55. The Balaban J connectivity index is 1.58. The molecule has 0 aliphatic rings. The number of halogens is 1. The van der Waals surface area contributed by atoms with Gasteiger partial charge in [0, 0.05) is 21.3 Å². The summed E-state index contributed by atoms with van der Waals surface area (Å²) in [6.07, 6.45) is 0.172. The number of aryl methyl sites for hydroxylation is 1. The number of carboxylic acids is 1. The lowest BCUT2D eigenvalue weighted by atomic mass is 10.1. The highest BCUT2D eigenvalue weighted by Crippen LogP contribution is 2.18. The maximum Gasteiger partial charge on any atom is 0.310 e. The molecule has 3 rings (SSSR count). The molecule has 0 saturated carbocycles. The molecule has 1 N–H and O–H groups in total. The molecule has 0 saturated heterocycles. The molecule has 0 bridgehead atoms. The minimum absolute atomic E-state index is 0.0295. The Bertz CT molecular complexity index is 1060. The normalized spacial score (nSPS) is 10.8. The van der Waals surface area contributed by atoms with Crippen molar-refractivity contribution in [1.29, 1.82) is 0 Å². The number of aromatic nitrogens is 2. The van der Waals surface area contributed by atoms with Gasteiger partial charge in [0.2, 0.25) is 0 Å². The SMILES string of the molecule is Cc1nn(Cc2ccc(CC(=O)OCc3ccccc3Br)cc2)c(C)c1CC(=O)O.